The van der Waals surface area contributed by atoms with E-state index in [-0.39, 0.29) is 18.1 Å². The number of nitrogens with zero attached hydrogens (tertiary/aromatic N) is 4. The van der Waals surface area contributed by atoms with Crippen molar-refractivity contribution in [1.29, 1.82) is 0 Å². The van der Waals surface area contributed by atoms with Crippen LogP contribution in [-0.2, 0) is 9.53 Å². The number of azide groups is 1. The number of carbonyl (C=O) groups excluding carboxylic acids is 1. The monoisotopic (exact) mass is 184 g/mol. The molecule has 0 unspecified atom stereocenters. The van der Waals surface area contributed by atoms with Crippen molar-refractivity contribution in [2.75, 3.05) is 20.7 Å². The van der Waals surface area contributed by atoms with E-state index in [0.717, 1.165) is 0 Å². The molecule has 1 saturated heterocycles. The fourth-order valence-corrected chi connectivity index (χ4v) is 1.54. The molecule has 1 heterocycles. The van der Waals surface area contributed by atoms with Crippen molar-refractivity contribution in [3.8, 4) is 0 Å². The molecule has 6 heteroatoms. The van der Waals surface area contributed by atoms with Crippen LogP contribution in [0.1, 0.15) is 6.42 Å². The van der Waals surface area contributed by atoms with Crippen LogP contribution < -0.4 is 0 Å². The highest BCUT2D eigenvalue weighted by Crippen LogP contribution is 2.19. The third-order valence-electron chi connectivity index (χ3n) is 2.21. The van der Waals surface area contributed by atoms with E-state index < -0.39 is 0 Å². The number of likely N-dealkylation sites (tertiary alicyclic amines) is 1. The molecule has 0 aliphatic carbocycles. The lowest BCUT2D eigenvalue weighted by Gasteiger charge is -2.15. The van der Waals surface area contributed by atoms with Gasteiger partial charge in [-0.15, -0.1) is 0 Å². The summed E-state index contributed by atoms with van der Waals surface area (Å²) in [5.41, 5.74) is 8.22. The van der Waals surface area contributed by atoms with E-state index in [1.165, 1.54) is 7.11 Å². The predicted molar refractivity (Wildman–Crippen MR) is 46.0 cm³/mol. The first-order chi connectivity index (χ1) is 6.19. The summed E-state index contributed by atoms with van der Waals surface area (Å²) < 4.78 is 4.62. The molecule has 0 aromatic carbocycles. The molecule has 0 bridgehead atoms. The van der Waals surface area contributed by atoms with Crippen LogP contribution in [0.3, 0.4) is 0 Å². The maximum absolute atomic E-state index is 11.2. The van der Waals surface area contributed by atoms with E-state index in [4.69, 9.17) is 5.53 Å². The van der Waals surface area contributed by atoms with Crippen LogP contribution in [0.15, 0.2) is 5.11 Å². The largest absolute Gasteiger partial charge is 0.468 e. The third-order valence-corrected chi connectivity index (χ3v) is 2.21. The smallest absolute Gasteiger partial charge is 0.323 e. The summed E-state index contributed by atoms with van der Waals surface area (Å²) in [7, 11) is 3.17. The van der Waals surface area contributed by atoms with Crippen molar-refractivity contribution in [3.63, 3.8) is 0 Å². The Hall–Kier alpha value is -1.26. The molecule has 2 atom stereocenters. The van der Waals surface area contributed by atoms with Gasteiger partial charge in [-0.1, -0.05) is 5.11 Å². The van der Waals surface area contributed by atoms with Gasteiger partial charge in [-0.25, -0.2) is 0 Å². The Morgan fingerprint density at radius 2 is 2.46 bits per heavy atom. The number of methoxy groups -OCH3 is 1. The lowest BCUT2D eigenvalue weighted by Crippen LogP contribution is -2.33. The SMILES string of the molecule is COC(=O)[C@@H]1C[C@@H](N=[N+]=[N-])CN1C. The average molecular weight is 184 g/mol. The van der Waals surface area contributed by atoms with Crippen molar-refractivity contribution in [3.05, 3.63) is 10.4 Å². The highest BCUT2D eigenvalue weighted by molar-refractivity contribution is 5.76. The molecular weight excluding hydrogens is 172 g/mol. The summed E-state index contributed by atoms with van der Waals surface area (Å²) in [6, 6.07) is -0.375. The van der Waals surface area contributed by atoms with Crippen molar-refractivity contribution >= 4 is 5.97 Å². The topological polar surface area (TPSA) is 78.3 Å². The maximum Gasteiger partial charge on any atom is 0.323 e. The Morgan fingerprint density at radius 3 is 3.00 bits per heavy atom. The van der Waals surface area contributed by atoms with Crippen LogP contribution >= 0.6 is 0 Å². The minimum absolute atomic E-state index is 0.112. The van der Waals surface area contributed by atoms with Gasteiger partial charge in [-0.05, 0) is 19.0 Å². The average Bonchev–Trinajstić information content (AvgIpc) is 2.46. The van der Waals surface area contributed by atoms with Gasteiger partial charge in [-0.2, -0.15) is 0 Å². The third kappa shape index (κ3) is 2.11. The Morgan fingerprint density at radius 1 is 1.77 bits per heavy atom. The number of ether oxygens (including phenoxy) is 1. The number of hydrogen-bond acceptors (Lipinski definition) is 4. The zero-order valence-corrected chi connectivity index (χ0v) is 7.67. The van der Waals surface area contributed by atoms with Crippen molar-refractivity contribution in [2.24, 2.45) is 5.11 Å². The quantitative estimate of drug-likeness (QED) is 0.272. The predicted octanol–water partition coefficient (Wildman–Crippen LogP) is 0.542. The van der Waals surface area contributed by atoms with E-state index in [1.54, 1.807) is 0 Å². The summed E-state index contributed by atoms with van der Waals surface area (Å²) >= 11 is 0. The van der Waals surface area contributed by atoms with Crippen LogP contribution in [-0.4, -0.2) is 43.7 Å². The zero-order valence-electron chi connectivity index (χ0n) is 7.67. The molecule has 0 spiro atoms. The fourth-order valence-electron chi connectivity index (χ4n) is 1.54. The number of carbonyl (C=O) groups is 1. The molecule has 1 rings (SSSR count). The standard InChI is InChI=1S/C7H12N4O2/c1-11-4-5(9-10-8)3-6(11)7(12)13-2/h5-6H,3-4H2,1-2H3/t5-,6+/m1/s1. The van der Waals surface area contributed by atoms with E-state index in [1.807, 2.05) is 11.9 Å². The fraction of sp³-hybridized carbons (Fsp3) is 0.857. The second kappa shape index (κ2) is 4.11. The second-order valence-electron chi connectivity index (χ2n) is 3.07. The molecule has 0 N–H and O–H groups in total. The van der Waals surface area contributed by atoms with Crippen LogP contribution in [0.5, 0.6) is 0 Å². The van der Waals surface area contributed by atoms with Gasteiger partial charge in [0.25, 0.3) is 0 Å². The van der Waals surface area contributed by atoms with Crippen LogP contribution in [0.25, 0.3) is 10.4 Å². The number of hydrogen-bond donors (Lipinski definition) is 0. The maximum atomic E-state index is 11.2. The molecule has 0 saturated carbocycles. The molecule has 0 radical (unpaired) electrons. The first-order valence-electron chi connectivity index (χ1n) is 4.01. The van der Waals surface area contributed by atoms with Gasteiger partial charge in [0.05, 0.1) is 13.2 Å². The summed E-state index contributed by atoms with van der Waals surface area (Å²) in [4.78, 5) is 15.7. The van der Waals surface area contributed by atoms with Gasteiger partial charge in [0.2, 0.25) is 0 Å². The first-order valence-corrected chi connectivity index (χ1v) is 4.01. The molecule has 1 aliphatic rings. The molecule has 0 aromatic heterocycles. The minimum atomic E-state index is -0.266. The second-order valence-corrected chi connectivity index (χ2v) is 3.07. The van der Waals surface area contributed by atoms with E-state index in [0.29, 0.717) is 13.0 Å². The highest BCUT2D eigenvalue weighted by Gasteiger charge is 2.34. The Balaban J connectivity index is 2.60. The van der Waals surface area contributed by atoms with E-state index >= 15 is 0 Å². The van der Waals surface area contributed by atoms with Crippen LogP contribution in [0.4, 0.5) is 0 Å². The number of esters is 1. The molecule has 0 aromatic rings. The lowest BCUT2D eigenvalue weighted by atomic mass is 10.2. The molecular formula is C7H12N4O2. The van der Waals surface area contributed by atoms with Crippen molar-refractivity contribution in [2.45, 2.75) is 18.5 Å². The van der Waals surface area contributed by atoms with Gasteiger partial charge in [0.1, 0.15) is 6.04 Å². The minimum Gasteiger partial charge on any atom is -0.468 e. The van der Waals surface area contributed by atoms with Crippen LogP contribution in [0.2, 0.25) is 0 Å². The lowest BCUT2D eigenvalue weighted by molar-refractivity contribution is -0.145. The van der Waals surface area contributed by atoms with Gasteiger partial charge >= 0.3 is 5.97 Å². The molecule has 6 nitrogen and oxygen atoms in total. The number of likely N-dealkylation sites (N-methyl/N-ethyl adjacent to an activating group) is 1. The van der Waals surface area contributed by atoms with Gasteiger partial charge < -0.3 is 4.74 Å². The van der Waals surface area contributed by atoms with Crippen molar-refractivity contribution in [1.82, 2.24) is 4.90 Å². The molecule has 1 fully saturated rings. The summed E-state index contributed by atoms with van der Waals surface area (Å²) in [6.45, 7) is 0.615. The zero-order chi connectivity index (χ0) is 9.84. The van der Waals surface area contributed by atoms with Gasteiger partial charge in [-0.3, -0.25) is 9.69 Å². The molecule has 1 aliphatic heterocycles. The van der Waals surface area contributed by atoms with E-state index in [9.17, 15) is 4.79 Å². The van der Waals surface area contributed by atoms with Gasteiger partial charge in [0.15, 0.2) is 0 Å². The summed E-state index contributed by atoms with van der Waals surface area (Å²) in [6.07, 6.45) is 0.549. The Bertz CT molecular complexity index is 249. The van der Waals surface area contributed by atoms with E-state index in [2.05, 4.69) is 14.8 Å². The van der Waals surface area contributed by atoms with Crippen molar-refractivity contribution < 1.29 is 9.53 Å². The van der Waals surface area contributed by atoms with Crippen LogP contribution in [0, 0.1) is 0 Å². The Kier molecular flexibility index (Phi) is 3.11. The molecule has 13 heavy (non-hydrogen) atoms. The molecule has 72 valence electrons. The first kappa shape index (κ1) is 9.83. The number of rotatable bonds is 2. The molecule has 0 amide bonds. The Labute approximate surface area is 76.1 Å². The normalized spacial score (nSPS) is 28.2. The van der Waals surface area contributed by atoms with Gasteiger partial charge in [0, 0.05) is 11.5 Å². The summed E-state index contributed by atoms with van der Waals surface area (Å²) in [5, 5.41) is 3.57. The summed E-state index contributed by atoms with van der Waals surface area (Å²) in [5.74, 6) is -0.266. The highest BCUT2D eigenvalue weighted by atomic mass is 16.5.